The molecule has 6 heteroatoms. The molecule has 3 N–H and O–H groups in total. The maximum atomic E-state index is 13.7. The maximum absolute atomic E-state index is 13.7. The van der Waals surface area contributed by atoms with Crippen LogP contribution in [0.4, 0.5) is 8.78 Å². The molecule has 0 spiro atoms. The number of hydrogen-bond donors (Lipinski definition) is 2. The van der Waals surface area contributed by atoms with Crippen molar-refractivity contribution in [3.8, 4) is 0 Å². The highest BCUT2D eigenvalue weighted by molar-refractivity contribution is 5.26. The van der Waals surface area contributed by atoms with E-state index in [9.17, 15) is 8.78 Å². The first kappa shape index (κ1) is 14.6. The van der Waals surface area contributed by atoms with E-state index < -0.39 is 11.6 Å². The van der Waals surface area contributed by atoms with Gasteiger partial charge in [-0.2, -0.15) is 5.10 Å². The molecular formula is C14H18F2N4. The Hall–Kier alpha value is -1.79. The van der Waals surface area contributed by atoms with Crippen LogP contribution < -0.4 is 11.3 Å². The minimum atomic E-state index is -0.584. The molecule has 0 bridgehead atoms. The van der Waals surface area contributed by atoms with Crippen LogP contribution >= 0.6 is 0 Å². The van der Waals surface area contributed by atoms with Crippen molar-refractivity contribution in [1.82, 2.24) is 15.2 Å². The predicted octanol–water partition coefficient (Wildman–Crippen LogP) is 2.01. The number of nitrogens with two attached hydrogens (primary N) is 1. The van der Waals surface area contributed by atoms with Crippen LogP contribution in [0.25, 0.3) is 0 Å². The Kier molecular flexibility index (Phi) is 4.46. The molecule has 1 atom stereocenters. The minimum Gasteiger partial charge on any atom is -0.275 e. The molecule has 2 rings (SSSR count). The lowest BCUT2D eigenvalue weighted by atomic mass is 9.98. The number of aromatic nitrogens is 2. The molecule has 1 unspecified atom stereocenters. The summed E-state index contributed by atoms with van der Waals surface area (Å²) in [5.74, 6) is 4.43. The van der Waals surface area contributed by atoms with Gasteiger partial charge in [-0.1, -0.05) is 13.0 Å². The lowest BCUT2D eigenvalue weighted by molar-refractivity contribution is 0.519. The van der Waals surface area contributed by atoms with E-state index in [2.05, 4.69) is 10.5 Å². The van der Waals surface area contributed by atoms with Crippen LogP contribution in [-0.4, -0.2) is 9.78 Å². The van der Waals surface area contributed by atoms with Gasteiger partial charge in [-0.05, 0) is 24.5 Å². The standard InChI is InChI=1S/C14H18F2N4/c1-3-13-11(8-20(2)19-13)14(18-17)6-9-4-5-10(15)7-12(9)16/h4-5,7-8,14,18H,3,6,17H2,1-2H3. The largest absolute Gasteiger partial charge is 0.275 e. The zero-order valence-corrected chi connectivity index (χ0v) is 11.5. The van der Waals surface area contributed by atoms with Crippen LogP contribution in [0, 0.1) is 11.6 Å². The predicted molar refractivity (Wildman–Crippen MR) is 72.7 cm³/mol. The Morgan fingerprint density at radius 3 is 2.75 bits per heavy atom. The Balaban J connectivity index is 2.28. The number of aryl methyl sites for hydroxylation is 2. The van der Waals surface area contributed by atoms with E-state index in [4.69, 9.17) is 5.84 Å². The van der Waals surface area contributed by atoms with Crippen molar-refractivity contribution >= 4 is 0 Å². The molecule has 0 aliphatic rings. The third-order valence-corrected chi connectivity index (χ3v) is 3.29. The van der Waals surface area contributed by atoms with Gasteiger partial charge >= 0.3 is 0 Å². The lowest BCUT2D eigenvalue weighted by Gasteiger charge is -2.16. The molecule has 0 amide bonds. The highest BCUT2D eigenvalue weighted by Crippen LogP contribution is 2.23. The van der Waals surface area contributed by atoms with Crippen LogP contribution in [0.15, 0.2) is 24.4 Å². The topological polar surface area (TPSA) is 55.9 Å². The first-order valence-corrected chi connectivity index (χ1v) is 6.47. The summed E-state index contributed by atoms with van der Waals surface area (Å²) in [6, 6.07) is 3.30. The highest BCUT2D eigenvalue weighted by Gasteiger charge is 2.18. The maximum Gasteiger partial charge on any atom is 0.129 e. The lowest BCUT2D eigenvalue weighted by Crippen LogP contribution is -2.30. The Bertz CT molecular complexity index is 595. The van der Waals surface area contributed by atoms with E-state index in [1.807, 2.05) is 20.2 Å². The third kappa shape index (κ3) is 3.02. The molecule has 1 heterocycles. The molecule has 0 aliphatic heterocycles. The molecule has 0 saturated carbocycles. The fourth-order valence-corrected chi connectivity index (χ4v) is 2.28. The fourth-order valence-electron chi connectivity index (χ4n) is 2.28. The number of rotatable bonds is 5. The third-order valence-electron chi connectivity index (χ3n) is 3.29. The number of hydrazine groups is 1. The minimum absolute atomic E-state index is 0.265. The van der Waals surface area contributed by atoms with E-state index in [1.165, 1.54) is 12.1 Å². The van der Waals surface area contributed by atoms with Gasteiger partial charge in [-0.15, -0.1) is 0 Å². The number of hydrogen-bond acceptors (Lipinski definition) is 3. The number of halogens is 2. The molecule has 0 aliphatic carbocycles. The van der Waals surface area contributed by atoms with Crippen molar-refractivity contribution in [3.63, 3.8) is 0 Å². The fraction of sp³-hybridized carbons (Fsp3) is 0.357. The van der Waals surface area contributed by atoms with Gasteiger partial charge in [0, 0.05) is 24.9 Å². The summed E-state index contributed by atoms with van der Waals surface area (Å²) >= 11 is 0. The molecule has 0 saturated heterocycles. The molecule has 108 valence electrons. The highest BCUT2D eigenvalue weighted by atomic mass is 19.1. The van der Waals surface area contributed by atoms with Crippen molar-refractivity contribution in [1.29, 1.82) is 0 Å². The number of benzene rings is 1. The molecule has 2 aromatic rings. The van der Waals surface area contributed by atoms with Crippen LogP contribution in [0.1, 0.15) is 29.8 Å². The van der Waals surface area contributed by atoms with E-state index in [1.54, 1.807) is 4.68 Å². The van der Waals surface area contributed by atoms with Crippen LogP contribution in [-0.2, 0) is 19.9 Å². The summed E-state index contributed by atoms with van der Waals surface area (Å²) < 4.78 is 28.3. The molecule has 1 aromatic heterocycles. The molecule has 20 heavy (non-hydrogen) atoms. The van der Waals surface area contributed by atoms with Gasteiger partial charge in [0.25, 0.3) is 0 Å². The van der Waals surface area contributed by atoms with E-state index in [0.29, 0.717) is 12.0 Å². The number of nitrogens with one attached hydrogen (secondary N) is 1. The summed E-state index contributed by atoms with van der Waals surface area (Å²) in [7, 11) is 1.83. The second kappa shape index (κ2) is 6.11. The quantitative estimate of drug-likeness (QED) is 0.650. The van der Waals surface area contributed by atoms with Crippen molar-refractivity contribution < 1.29 is 8.78 Å². The Labute approximate surface area is 116 Å². The Morgan fingerprint density at radius 1 is 1.40 bits per heavy atom. The van der Waals surface area contributed by atoms with E-state index in [-0.39, 0.29) is 6.04 Å². The van der Waals surface area contributed by atoms with Gasteiger partial charge in [-0.3, -0.25) is 16.0 Å². The van der Waals surface area contributed by atoms with Gasteiger partial charge in [0.05, 0.1) is 11.7 Å². The van der Waals surface area contributed by atoms with Crippen molar-refractivity contribution in [3.05, 3.63) is 52.9 Å². The monoisotopic (exact) mass is 280 g/mol. The van der Waals surface area contributed by atoms with Gasteiger partial charge in [0.2, 0.25) is 0 Å². The van der Waals surface area contributed by atoms with Crippen molar-refractivity contribution in [2.75, 3.05) is 0 Å². The molecule has 0 fully saturated rings. The van der Waals surface area contributed by atoms with Gasteiger partial charge in [0.15, 0.2) is 0 Å². The number of nitrogens with zero attached hydrogens (tertiary/aromatic N) is 2. The second-order valence-corrected chi connectivity index (χ2v) is 4.72. The van der Waals surface area contributed by atoms with Gasteiger partial charge < -0.3 is 0 Å². The molecule has 1 aromatic carbocycles. The van der Waals surface area contributed by atoms with Crippen LogP contribution in [0.3, 0.4) is 0 Å². The first-order chi connectivity index (χ1) is 9.55. The molecular weight excluding hydrogens is 262 g/mol. The summed E-state index contributed by atoms with van der Waals surface area (Å²) in [6.45, 7) is 2.00. The van der Waals surface area contributed by atoms with Crippen LogP contribution in [0.5, 0.6) is 0 Å². The summed E-state index contributed by atoms with van der Waals surface area (Å²) in [5.41, 5.74) is 4.95. The SMILES string of the molecule is CCc1nn(C)cc1C(Cc1ccc(F)cc1F)NN. The average molecular weight is 280 g/mol. The van der Waals surface area contributed by atoms with E-state index in [0.717, 1.165) is 23.7 Å². The zero-order valence-electron chi connectivity index (χ0n) is 11.5. The van der Waals surface area contributed by atoms with Crippen molar-refractivity contribution in [2.45, 2.75) is 25.8 Å². The summed E-state index contributed by atoms with van der Waals surface area (Å²) in [4.78, 5) is 0. The first-order valence-electron chi connectivity index (χ1n) is 6.47. The van der Waals surface area contributed by atoms with Gasteiger partial charge in [-0.25, -0.2) is 8.78 Å². The van der Waals surface area contributed by atoms with Gasteiger partial charge in [0.1, 0.15) is 11.6 Å². The zero-order chi connectivity index (χ0) is 14.7. The summed E-state index contributed by atoms with van der Waals surface area (Å²) in [6.07, 6.45) is 2.96. The Morgan fingerprint density at radius 2 is 2.15 bits per heavy atom. The molecule has 4 nitrogen and oxygen atoms in total. The van der Waals surface area contributed by atoms with Crippen LogP contribution in [0.2, 0.25) is 0 Å². The van der Waals surface area contributed by atoms with Crippen molar-refractivity contribution in [2.24, 2.45) is 12.9 Å². The molecule has 0 radical (unpaired) electrons. The smallest absolute Gasteiger partial charge is 0.129 e. The normalized spacial score (nSPS) is 12.7. The summed E-state index contributed by atoms with van der Waals surface area (Å²) in [5, 5.41) is 4.34. The average Bonchev–Trinajstić information content (AvgIpc) is 2.79. The van der Waals surface area contributed by atoms with E-state index >= 15 is 0 Å². The second-order valence-electron chi connectivity index (χ2n) is 4.72.